The van der Waals surface area contributed by atoms with E-state index in [4.69, 9.17) is 15.6 Å². The molecule has 0 aliphatic rings. The molecule has 1 heterocycles. The van der Waals surface area contributed by atoms with Gasteiger partial charge in [0.1, 0.15) is 5.75 Å². The Morgan fingerprint density at radius 2 is 2.28 bits per heavy atom. The van der Waals surface area contributed by atoms with Crippen LogP contribution in [0.2, 0.25) is 0 Å². The molecule has 4 N–H and O–H groups in total. The number of H-pyrrole nitrogens is 1. The number of fused-ring (bicyclic) bond motifs is 1. The summed E-state index contributed by atoms with van der Waals surface area (Å²) < 4.78 is 5.16. The standard InChI is InChI=1S/C13H16N2O3/c1-7(14)13-10(6-12(16)17)9-5-8(18-2)3-4-11(9)15-13/h3-5,7,15H,6,14H2,1-2H3,(H,16,17). The van der Waals surface area contributed by atoms with Crippen LogP contribution in [0.5, 0.6) is 5.75 Å². The van der Waals surface area contributed by atoms with Crippen molar-refractivity contribution in [1.29, 1.82) is 0 Å². The lowest BCUT2D eigenvalue weighted by Gasteiger charge is -2.06. The molecule has 0 aliphatic heterocycles. The Morgan fingerprint density at radius 1 is 1.56 bits per heavy atom. The number of rotatable bonds is 4. The van der Waals surface area contributed by atoms with Gasteiger partial charge >= 0.3 is 5.97 Å². The van der Waals surface area contributed by atoms with E-state index < -0.39 is 5.97 Å². The van der Waals surface area contributed by atoms with Crippen LogP contribution in [0.1, 0.15) is 24.2 Å². The van der Waals surface area contributed by atoms with E-state index >= 15 is 0 Å². The number of carboxylic acids is 1. The van der Waals surface area contributed by atoms with Crippen LogP contribution in [-0.2, 0) is 11.2 Å². The van der Waals surface area contributed by atoms with E-state index in [0.717, 1.165) is 22.2 Å². The van der Waals surface area contributed by atoms with E-state index in [1.165, 1.54) is 0 Å². The summed E-state index contributed by atoms with van der Waals surface area (Å²) in [6, 6.07) is 5.29. The summed E-state index contributed by atoms with van der Waals surface area (Å²) in [5.74, 6) is -0.176. The fourth-order valence-corrected chi connectivity index (χ4v) is 2.10. The average Bonchev–Trinajstić information content (AvgIpc) is 2.67. The minimum atomic E-state index is -0.874. The summed E-state index contributed by atoms with van der Waals surface area (Å²) in [5, 5.41) is 9.84. The highest BCUT2D eigenvalue weighted by Crippen LogP contribution is 2.29. The Balaban J connectivity index is 2.65. The van der Waals surface area contributed by atoms with Crippen molar-refractivity contribution in [1.82, 2.24) is 4.98 Å². The number of ether oxygens (including phenoxy) is 1. The van der Waals surface area contributed by atoms with E-state index in [1.807, 2.05) is 25.1 Å². The number of aromatic amines is 1. The molecule has 5 nitrogen and oxygen atoms in total. The third-order valence-electron chi connectivity index (χ3n) is 2.93. The zero-order valence-electron chi connectivity index (χ0n) is 10.4. The summed E-state index contributed by atoms with van der Waals surface area (Å²) in [7, 11) is 1.58. The molecule has 1 aromatic carbocycles. The summed E-state index contributed by atoms with van der Waals surface area (Å²) in [6.07, 6.45) is -0.0515. The molecule has 0 fully saturated rings. The smallest absolute Gasteiger partial charge is 0.307 e. The van der Waals surface area contributed by atoms with Gasteiger partial charge in [0.25, 0.3) is 0 Å². The molecule has 0 amide bonds. The minimum absolute atomic E-state index is 0.0515. The molecule has 0 aliphatic carbocycles. The zero-order valence-corrected chi connectivity index (χ0v) is 10.4. The first-order valence-electron chi connectivity index (χ1n) is 5.68. The number of aromatic nitrogens is 1. The lowest BCUT2D eigenvalue weighted by atomic mass is 10.0. The van der Waals surface area contributed by atoms with Crippen LogP contribution in [-0.4, -0.2) is 23.2 Å². The van der Waals surface area contributed by atoms with Gasteiger partial charge in [-0.1, -0.05) is 0 Å². The first-order chi connectivity index (χ1) is 8.52. The van der Waals surface area contributed by atoms with Gasteiger partial charge in [0.15, 0.2) is 0 Å². The van der Waals surface area contributed by atoms with Crippen LogP contribution in [0.3, 0.4) is 0 Å². The van der Waals surface area contributed by atoms with Crippen LogP contribution in [0.4, 0.5) is 0 Å². The van der Waals surface area contributed by atoms with Gasteiger partial charge in [-0.05, 0) is 30.7 Å². The Kier molecular flexibility index (Phi) is 3.25. The predicted octanol–water partition coefficient (Wildman–Crippen LogP) is 1.82. The van der Waals surface area contributed by atoms with Gasteiger partial charge in [-0.15, -0.1) is 0 Å². The molecular weight excluding hydrogens is 232 g/mol. The molecule has 0 saturated carbocycles. The van der Waals surface area contributed by atoms with Gasteiger partial charge in [0.2, 0.25) is 0 Å². The summed E-state index contributed by atoms with van der Waals surface area (Å²) in [4.78, 5) is 14.1. The van der Waals surface area contributed by atoms with E-state index in [0.29, 0.717) is 5.75 Å². The van der Waals surface area contributed by atoms with Gasteiger partial charge in [0.05, 0.1) is 13.5 Å². The number of hydrogen-bond acceptors (Lipinski definition) is 3. The fourth-order valence-electron chi connectivity index (χ4n) is 2.10. The van der Waals surface area contributed by atoms with E-state index in [2.05, 4.69) is 4.98 Å². The molecule has 1 aromatic heterocycles. The van der Waals surface area contributed by atoms with Crippen LogP contribution < -0.4 is 10.5 Å². The third-order valence-corrected chi connectivity index (χ3v) is 2.93. The number of hydrogen-bond donors (Lipinski definition) is 3. The van der Waals surface area contributed by atoms with Crippen molar-refractivity contribution in [2.24, 2.45) is 5.73 Å². The third kappa shape index (κ3) is 2.17. The number of benzene rings is 1. The minimum Gasteiger partial charge on any atom is -0.497 e. The van der Waals surface area contributed by atoms with E-state index in [9.17, 15) is 4.79 Å². The molecule has 0 bridgehead atoms. The maximum Gasteiger partial charge on any atom is 0.307 e. The highest BCUT2D eigenvalue weighted by Gasteiger charge is 2.17. The van der Waals surface area contributed by atoms with Crippen molar-refractivity contribution in [3.63, 3.8) is 0 Å². The van der Waals surface area contributed by atoms with E-state index in [-0.39, 0.29) is 12.5 Å². The van der Waals surface area contributed by atoms with Crippen molar-refractivity contribution < 1.29 is 14.6 Å². The van der Waals surface area contributed by atoms with Gasteiger partial charge in [-0.2, -0.15) is 0 Å². The highest BCUT2D eigenvalue weighted by molar-refractivity contribution is 5.89. The Morgan fingerprint density at radius 3 is 2.83 bits per heavy atom. The van der Waals surface area contributed by atoms with Crippen LogP contribution in [0, 0.1) is 0 Å². The zero-order chi connectivity index (χ0) is 13.3. The predicted molar refractivity (Wildman–Crippen MR) is 68.8 cm³/mol. The molecule has 2 rings (SSSR count). The van der Waals surface area contributed by atoms with Crippen LogP contribution >= 0.6 is 0 Å². The largest absolute Gasteiger partial charge is 0.497 e. The molecule has 0 saturated heterocycles. The molecule has 1 unspecified atom stereocenters. The van der Waals surface area contributed by atoms with Crippen molar-refractivity contribution in [3.8, 4) is 5.75 Å². The summed E-state index contributed by atoms with van der Waals surface area (Å²) in [5.41, 5.74) is 8.24. The van der Waals surface area contributed by atoms with Crippen LogP contribution in [0.25, 0.3) is 10.9 Å². The molecular formula is C13H16N2O3. The SMILES string of the molecule is COc1ccc2[nH]c(C(C)N)c(CC(=O)O)c2c1. The normalized spacial score (nSPS) is 12.6. The topological polar surface area (TPSA) is 88.3 Å². The fraction of sp³-hybridized carbons (Fsp3) is 0.308. The second-order valence-corrected chi connectivity index (χ2v) is 4.29. The molecule has 2 aromatic rings. The quantitative estimate of drug-likeness (QED) is 0.770. The average molecular weight is 248 g/mol. The second-order valence-electron chi connectivity index (χ2n) is 4.29. The van der Waals surface area contributed by atoms with Gasteiger partial charge in [-0.3, -0.25) is 4.79 Å². The highest BCUT2D eigenvalue weighted by atomic mass is 16.5. The first kappa shape index (κ1) is 12.4. The van der Waals surface area contributed by atoms with Crippen LogP contribution in [0.15, 0.2) is 18.2 Å². The van der Waals surface area contributed by atoms with Crippen molar-refractivity contribution in [3.05, 3.63) is 29.5 Å². The molecule has 0 spiro atoms. The maximum atomic E-state index is 11.0. The molecule has 0 radical (unpaired) electrons. The number of carboxylic acid groups (broad SMARTS) is 1. The number of nitrogens with two attached hydrogens (primary N) is 1. The molecule has 96 valence electrons. The number of methoxy groups -OCH3 is 1. The summed E-state index contributed by atoms with van der Waals surface area (Å²) >= 11 is 0. The maximum absolute atomic E-state index is 11.0. The lowest BCUT2D eigenvalue weighted by molar-refractivity contribution is -0.136. The lowest BCUT2D eigenvalue weighted by Crippen LogP contribution is -2.10. The van der Waals surface area contributed by atoms with Crippen molar-refractivity contribution in [2.75, 3.05) is 7.11 Å². The van der Waals surface area contributed by atoms with Gasteiger partial charge in [-0.25, -0.2) is 0 Å². The molecule has 18 heavy (non-hydrogen) atoms. The Hall–Kier alpha value is -2.01. The Bertz CT molecular complexity index is 587. The van der Waals surface area contributed by atoms with Gasteiger partial charge in [0, 0.05) is 22.6 Å². The molecule has 1 atom stereocenters. The number of carbonyl (C=O) groups is 1. The van der Waals surface area contributed by atoms with E-state index in [1.54, 1.807) is 7.11 Å². The van der Waals surface area contributed by atoms with Crippen molar-refractivity contribution in [2.45, 2.75) is 19.4 Å². The van der Waals surface area contributed by atoms with Gasteiger partial charge < -0.3 is 20.6 Å². The first-order valence-corrected chi connectivity index (χ1v) is 5.68. The molecule has 5 heteroatoms. The Labute approximate surface area is 105 Å². The monoisotopic (exact) mass is 248 g/mol. The van der Waals surface area contributed by atoms with Crippen molar-refractivity contribution >= 4 is 16.9 Å². The number of nitrogens with one attached hydrogen (secondary N) is 1. The number of aliphatic carboxylic acids is 1. The summed E-state index contributed by atoms with van der Waals surface area (Å²) in [6.45, 7) is 1.83. The second kappa shape index (κ2) is 4.70.